The van der Waals surface area contributed by atoms with Crippen LogP contribution in [0.1, 0.15) is 18.4 Å². The molecule has 0 bridgehead atoms. The van der Waals surface area contributed by atoms with Gasteiger partial charge in [-0.25, -0.2) is 0 Å². The Bertz CT molecular complexity index is 337. The van der Waals surface area contributed by atoms with Crippen LogP contribution >= 0.6 is 11.6 Å². The van der Waals surface area contributed by atoms with E-state index in [-0.39, 0.29) is 13.2 Å². The molecule has 0 aromatic heterocycles. The molecule has 1 aromatic carbocycles. The maximum absolute atomic E-state index is 9.58. The molecule has 0 radical (unpaired) electrons. The molecule has 3 nitrogen and oxygen atoms in total. The van der Waals surface area contributed by atoms with Crippen LogP contribution in [0.5, 0.6) is 0 Å². The molecule has 17 heavy (non-hydrogen) atoms. The first kappa shape index (κ1) is 14.5. The monoisotopic (exact) mass is 258 g/mol. The lowest BCUT2D eigenvalue weighted by Gasteiger charge is -2.30. The van der Waals surface area contributed by atoms with Crippen LogP contribution < -0.4 is 0 Å². The predicted octanol–water partition coefficient (Wildman–Crippen LogP) is 1.99. The average molecular weight is 259 g/mol. The number of aliphatic hydroxyl groups excluding tert-OH is 2. The zero-order valence-electron chi connectivity index (χ0n) is 10.0. The van der Waals surface area contributed by atoms with E-state index in [4.69, 9.17) is 16.3 Å². The summed E-state index contributed by atoms with van der Waals surface area (Å²) in [5, 5.41) is 19.8. The van der Waals surface area contributed by atoms with Gasteiger partial charge in [-0.2, -0.15) is 0 Å². The largest absolute Gasteiger partial charge is 0.395 e. The zero-order valence-corrected chi connectivity index (χ0v) is 10.8. The first-order valence-corrected chi connectivity index (χ1v) is 6.03. The molecule has 0 saturated heterocycles. The van der Waals surface area contributed by atoms with Gasteiger partial charge in [-0.3, -0.25) is 0 Å². The van der Waals surface area contributed by atoms with Gasteiger partial charge in [-0.1, -0.05) is 23.7 Å². The first-order chi connectivity index (χ1) is 8.18. The Morgan fingerprint density at radius 3 is 2.53 bits per heavy atom. The SMILES string of the molecule is COCCCC(CO)(CO)c1cccc(Cl)c1. The van der Waals surface area contributed by atoms with Crippen LogP contribution in [0.3, 0.4) is 0 Å². The number of aliphatic hydroxyl groups is 2. The maximum Gasteiger partial charge on any atom is 0.0550 e. The van der Waals surface area contributed by atoms with Crippen LogP contribution in [0, 0.1) is 0 Å². The van der Waals surface area contributed by atoms with Gasteiger partial charge in [0, 0.05) is 24.2 Å². The summed E-state index contributed by atoms with van der Waals surface area (Å²) in [4.78, 5) is 0. The van der Waals surface area contributed by atoms with Crippen molar-refractivity contribution in [3.63, 3.8) is 0 Å². The Morgan fingerprint density at radius 2 is 2.00 bits per heavy atom. The van der Waals surface area contributed by atoms with Crippen LogP contribution in [0.25, 0.3) is 0 Å². The van der Waals surface area contributed by atoms with E-state index in [0.717, 1.165) is 12.0 Å². The summed E-state index contributed by atoms with van der Waals surface area (Å²) in [6, 6.07) is 7.28. The molecule has 0 unspecified atom stereocenters. The van der Waals surface area contributed by atoms with Crippen molar-refractivity contribution < 1.29 is 14.9 Å². The average Bonchev–Trinajstić information content (AvgIpc) is 2.35. The molecular formula is C13H19ClO3. The van der Waals surface area contributed by atoms with Gasteiger partial charge in [0.2, 0.25) is 0 Å². The summed E-state index contributed by atoms with van der Waals surface area (Å²) >= 11 is 5.94. The van der Waals surface area contributed by atoms with Gasteiger partial charge < -0.3 is 14.9 Å². The normalized spacial score (nSPS) is 11.8. The summed E-state index contributed by atoms with van der Waals surface area (Å²) < 4.78 is 5.00. The Balaban J connectivity index is 2.89. The molecule has 0 heterocycles. The van der Waals surface area contributed by atoms with Gasteiger partial charge in [0.05, 0.1) is 13.2 Å². The Hall–Kier alpha value is -0.610. The molecule has 96 valence electrons. The van der Waals surface area contributed by atoms with Crippen molar-refractivity contribution in [3.05, 3.63) is 34.9 Å². The minimum atomic E-state index is -0.635. The maximum atomic E-state index is 9.58. The molecule has 0 fully saturated rings. The quantitative estimate of drug-likeness (QED) is 0.736. The van der Waals surface area contributed by atoms with Gasteiger partial charge in [-0.15, -0.1) is 0 Å². The third-order valence-corrected chi connectivity index (χ3v) is 3.28. The van der Waals surface area contributed by atoms with Crippen molar-refractivity contribution in [3.8, 4) is 0 Å². The van der Waals surface area contributed by atoms with Crippen LogP contribution in [-0.4, -0.2) is 37.1 Å². The van der Waals surface area contributed by atoms with Gasteiger partial charge in [0.15, 0.2) is 0 Å². The van der Waals surface area contributed by atoms with E-state index in [0.29, 0.717) is 18.1 Å². The summed E-state index contributed by atoms with van der Waals surface area (Å²) in [5.41, 5.74) is 0.231. The Morgan fingerprint density at radius 1 is 1.29 bits per heavy atom. The molecule has 2 N–H and O–H groups in total. The Kier molecular flexibility index (Phi) is 5.92. The molecule has 0 spiro atoms. The standard InChI is InChI=1S/C13H19ClO3/c1-17-7-3-6-13(9-15,10-16)11-4-2-5-12(14)8-11/h2,4-5,8,15-16H,3,6-7,9-10H2,1H3. The molecule has 1 rings (SSSR count). The minimum Gasteiger partial charge on any atom is -0.395 e. The van der Waals surface area contributed by atoms with Crippen molar-refractivity contribution in [1.82, 2.24) is 0 Å². The van der Waals surface area contributed by atoms with Gasteiger partial charge in [-0.05, 0) is 30.5 Å². The van der Waals surface area contributed by atoms with E-state index >= 15 is 0 Å². The lowest BCUT2D eigenvalue weighted by Crippen LogP contribution is -2.35. The summed E-state index contributed by atoms with van der Waals surface area (Å²) in [5.74, 6) is 0. The minimum absolute atomic E-state index is 0.104. The van der Waals surface area contributed by atoms with E-state index in [1.807, 2.05) is 12.1 Å². The smallest absolute Gasteiger partial charge is 0.0550 e. The van der Waals surface area contributed by atoms with Crippen molar-refractivity contribution >= 4 is 11.6 Å². The molecule has 0 saturated carbocycles. The number of hydrogen-bond acceptors (Lipinski definition) is 3. The molecule has 4 heteroatoms. The second-order valence-corrected chi connectivity index (χ2v) is 4.64. The van der Waals surface area contributed by atoms with Crippen LogP contribution in [0.15, 0.2) is 24.3 Å². The van der Waals surface area contributed by atoms with E-state index in [1.165, 1.54) is 0 Å². The van der Waals surface area contributed by atoms with Crippen LogP contribution in [0.2, 0.25) is 5.02 Å². The van der Waals surface area contributed by atoms with Gasteiger partial charge in [0.1, 0.15) is 0 Å². The number of ether oxygens (including phenoxy) is 1. The highest BCUT2D eigenvalue weighted by Gasteiger charge is 2.30. The van der Waals surface area contributed by atoms with E-state index in [9.17, 15) is 10.2 Å². The number of hydrogen-bond donors (Lipinski definition) is 2. The Labute approximate surface area is 107 Å². The molecular weight excluding hydrogens is 240 g/mol. The first-order valence-electron chi connectivity index (χ1n) is 5.65. The number of benzene rings is 1. The van der Waals surface area contributed by atoms with Gasteiger partial charge in [0.25, 0.3) is 0 Å². The fourth-order valence-electron chi connectivity index (χ4n) is 1.91. The molecule has 0 aliphatic heterocycles. The molecule has 0 atom stereocenters. The van der Waals surface area contributed by atoms with Gasteiger partial charge >= 0.3 is 0 Å². The molecule has 1 aromatic rings. The molecule has 0 aliphatic rings. The van der Waals surface area contributed by atoms with E-state index < -0.39 is 5.41 Å². The number of rotatable bonds is 7. The van der Waals surface area contributed by atoms with Crippen LogP contribution in [0.4, 0.5) is 0 Å². The lowest BCUT2D eigenvalue weighted by molar-refractivity contribution is 0.0969. The fraction of sp³-hybridized carbons (Fsp3) is 0.538. The highest BCUT2D eigenvalue weighted by atomic mass is 35.5. The predicted molar refractivity (Wildman–Crippen MR) is 68.4 cm³/mol. The van der Waals surface area contributed by atoms with E-state index in [2.05, 4.69) is 0 Å². The number of methoxy groups -OCH3 is 1. The van der Waals surface area contributed by atoms with Crippen molar-refractivity contribution in [2.45, 2.75) is 18.3 Å². The second kappa shape index (κ2) is 6.97. The van der Waals surface area contributed by atoms with Crippen molar-refractivity contribution in [2.75, 3.05) is 26.9 Å². The highest BCUT2D eigenvalue weighted by Crippen LogP contribution is 2.30. The summed E-state index contributed by atoms with van der Waals surface area (Å²) in [7, 11) is 1.64. The third kappa shape index (κ3) is 3.68. The van der Waals surface area contributed by atoms with Crippen molar-refractivity contribution in [2.24, 2.45) is 0 Å². The number of halogens is 1. The van der Waals surface area contributed by atoms with Crippen LogP contribution in [-0.2, 0) is 10.2 Å². The third-order valence-electron chi connectivity index (χ3n) is 3.05. The fourth-order valence-corrected chi connectivity index (χ4v) is 2.10. The van der Waals surface area contributed by atoms with Crippen molar-refractivity contribution in [1.29, 1.82) is 0 Å². The molecule has 0 aliphatic carbocycles. The summed E-state index contributed by atoms with van der Waals surface area (Å²) in [6.07, 6.45) is 1.44. The lowest BCUT2D eigenvalue weighted by atomic mass is 9.78. The molecule has 0 amide bonds. The highest BCUT2D eigenvalue weighted by molar-refractivity contribution is 6.30. The summed E-state index contributed by atoms with van der Waals surface area (Å²) in [6.45, 7) is 0.406. The zero-order chi connectivity index (χ0) is 12.7. The topological polar surface area (TPSA) is 49.7 Å². The second-order valence-electron chi connectivity index (χ2n) is 4.20. The van der Waals surface area contributed by atoms with E-state index in [1.54, 1.807) is 19.2 Å².